The average molecular weight is 543 g/mol. The number of fused-ring (bicyclic) bond motifs is 1. The van der Waals surface area contributed by atoms with Crippen LogP contribution in [0, 0.1) is 0 Å². The van der Waals surface area contributed by atoms with Gasteiger partial charge in [0.1, 0.15) is 6.10 Å². The molecule has 40 heavy (non-hydrogen) atoms. The maximum atomic E-state index is 12.8. The number of hydrogen-bond acceptors (Lipinski definition) is 8. The van der Waals surface area contributed by atoms with Crippen LogP contribution in [0.5, 0.6) is 6.01 Å². The number of ether oxygens (including phenoxy) is 1. The summed E-state index contributed by atoms with van der Waals surface area (Å²) < 4.78 is 7.92. The third-order valence-corrected chi connectivity index (χ3v) is 6.78. The van der Waals surface area contributed by atoms with Crippen molar-refractivity contribution < 1.29 is 14.3 Å². The molecule has 1 aliphatic heterocycles. The van der Waals surface area contributed by atoms with Crippen molar-refractivity contribution in [3.63, 3.8) is 0 Å². The summed E-state index contributed by atoms with van der Waals surface area (Å²) in [6.07, 6.45) is 3.71. The van der Waals surface area contributed by atoms with Gasteiger partial charge in [-0.05, 0) is 68.3 Å². The van der Waals surface area contributed by atoms with E-state index in [9.17, 15) is 9.59 Å². The molecular formula is C29H34N8O3. The van der Waals surface area contributed by atoms with E-state index in [1.807, 2.05) is 30.5 Å². The zero-order chi connectivity index (χ0) is 28.2. The molecule has 2 aromatic heterocycles. The number of benzene rings is 2. The molecule has 0 saturated carbocycles. The molecule has 1 fully saturated rings. The lowest BCUT2D eigenvalue weighted by Gasteiger charge is -2.28. The van der Waals surface area contributed by atoms with E-state index in [0.29, 0.717) is 40.2 Å². The van der Waals surface area contributed by atoms with E-state index in [4.69, 9.17) is 9.72 Å². The van der Waals surface area contributed by atoms with Gasteiger partial charge in [0.05, 0.1) is 6.20 Å². The molecule has 208 valence electrons. The van der Waals surface area contributed by atoms with Crippen molar-refractivity contribution in [2.75, 3.05) is 36.1 Å². The Hall–Kier alpha value is -4.51. The van der Waals surface area contributed by atoms with Gasteiger partial charge in [-0.25, -0.2) is 0 Å². The van der Waals surface area contributed by atoms with E-state index >= 15 is 0 Å². The number of nitrogens with zero attached hydrogens (tertiary/aromatic N) is 5. The Morgan fingerprint density at radius 2 is 1.70 bits per heavy atom. The van der Waals surface area contributed by atoms with Crippen LogP contribution in [0.4, 0.5) is 23.0 Å². The first-order chi connectivity index (χ1) is 19.2. The highest BCUT2D eigenvalue weighted by Gasteiger charge is 2.22. The molecule has 3 heterocycles. The molecule has 1 saturated heterocycles. The molecule has 4 aromatic rings. The molecule has 0 unspecified atom stereocenters. The Morgan fingerprint density at radius 3 is 2.40 bits per heavy atom. The van der Waals surface area contributed by atoms with Gasteiger partial charge in [-0.1, -0.05) is 19.9 Å². The fourth-order valence-corrected chi connectivity index (χ4v) is 4.58. The summed E-state index contributed by atoms with van der Waals surface area (Å²) in [7, 11) is 2.11. The van der Waals surface area contributed by atoms with Gasteiger partial charge in [-0.2, -0.15) is 19.6 Å². The van der Waals surface area contributed by atoms with E-state index in [-0.39, 0.29) is 23.8 Å². The molecule has 0 radical (unpaired) electrons. The van der Waals surface area contributed by atoms with Crippen LogP contribution >= 0.6 is 0 Å². The number of rotatable bonds is 8. The van der Waals surface area contributed by atoms with Crippen LogP contribution in [0.25, 0.3) is 5.65 Å². The fraction of sp³-hybridized carbons (Fsp3) is 0.345. The fourth-order valence-electron chi connectivity index (χ4n) is 4.58. The standard InChI is InChI=1S/C29H34N8O3/c1-18(2)25-17-30-37-26(25)34-29(40-24-12-14-36(4)15-13-24)35-28(37)33-23-7-5-6-22(16-23)32-27(39)20-8-10-21(11-9-20)31-19(3)38/h5-11,16-18,24H,12-15H2,1-4H3,(H,31,38)(H,32,39)(H,33,34,35). The van der Waals surface area contributed by atoms with E-state index in [1.54, 1.807) is 28.8 Å². The summed E-state index contributed by atoms with van der Waals surface area (Å²) in [5, 5.41) is 13.5. The summed E-state index contributed by atoms with van der Waals surface area (Å²) >= 11 is 0. The Labute approximate surface area is 233 Å². The number of likely N-dealkylation sites (tertiary alicyclic amines) is 1. The first-order valence-corrected chi connectivity index (χ1v) is 13.4. The minimum atomic E-state index is -0.265. The molecule has 5 rings (SSSR count). The Bertz CT molecular complexity index is 1510. The minimum absolute atomic E-state index is 0.0581. The van der Waals surface area contributed by atoms with Crippen molar-refractivity contribution in [3.05, 3.63) is 65.9 Å². The number of piperidine rings is 1. The van der Waals surface area contributed by atoms with Crippen LogP contribution in [0.15, 0.2) is 54.7 Å². The van der Waals surface area contributed by atoms with Gasteiger partial charge in [0, 0.05) is 48.2 Å². The van der Waals surface area contributed by atoms with Crippen molar-refractivity contribution in [3.8, 4) is 6.01 Å². The van der Waals surface area contributed by atoms with E-state index in [1.165, 1.54) is 6.92 Å². The monoisotopic (exact) mass is 542 g/mol. The van der Waals surface area contributed by atoms with Crippen molar-refractivity contribution >= 4 is 40.5 Å². The highest BCUT2D eigenvalue weighted by molar-refractivity contribution is 6.04. The number of carbonyl (C=O) groups is 2. The van der Waals surface area contributed by atoms with E-state index in [0.717, 1.165) is 31.5 Å². The van der Waals surface area contributed by atoms with Crippen LogP contribution in [0.2, 0.25) is 0 Å². The Morgan fingerprint density at radius 1 is 0.975 bits per heavy atom. The van der Waals surface area contributed by atoms with Gasteiger partial charge >= 0.3 is 6.01 Å². The van der Waals surface area contributed by atoms with Gasteiger partial charge in [0.15, 0.2) is 5.65 Å². The molecule has 0 bridgehead atoms. The van der Waals surface area contributed by atoms with Gasteiger partial charge < -0.3 is 25.6 Å². The topological polar surface area (TPSA) is 126 Å². The summed E-state index contributed by atoms with van der Waals surface area (Å²) in [4.78, 5) is 35.8. The molecular weight excluding hydrogens is 508 g/mol. The molecule has 11 nitrogen and oxygen atoms in total. The Balaban J connectivity index is 1.36. The molecule has 1 aliphatic rings. The zero-order valence-corrected chi connectivity index (χ0v) is 23.1. The number of carbonyl (C=O) groups excluding carboxylic acids is 2. The van der Waals surface area contributed by atoms with Crippen molar-refractivity contribution in [1.82, 2.24) is 24.5 Å². The van der Waals surface area contributed by atoms with Crippen LogP contribution in [-0.4, -0.2) is 62.5 Å². The first-order valence-electron chi connectivity index (χ1n) is 13.4. The summed E-state index contributed by atoms with van der Waals surface area (Å²) in [5.74, 6) is 0.260. The molecule has 2 aromatic carbocycles. The predicted molar refractivity (Wildman–Crippen MR) is 154 cm³/mol. The van der Waals surface area contributed by atoms with Crippen LogP contribution in [0.1, 0.15) is 55.5 Å². The van der Waals surface area contributed by atoms with Crippen LogP contribution in [0.3, 0.4) is 0 Å². The largest absolute Gasteiger partial charge is 0.460 e. The van der Waals surface area contributed by atoms with Crippen molar-refractivity contribution in [2.24, 2.45) is 0 Å². The maximum Gasteiger partial charge on any atom is 0.322 e. The van der Waals surface area contributed by atoms with Crippen LogP contribution < -0.4 is 20.7 Å². The lowest BCUT2D eigenvalue weighted by Crippen LogP contribution is -2.36. The zero-order valence-electron chi connectivity index (χ0n) is 23.1. The number of nitrogens with one attached hydrogen (secondary N) is 3. The first kappa shape index (κ1) is 27.1. The van der Waals surface area contributed by atoms with E-state index < -0.39 is 0 Å². The average Bonchev–Trinajstić information content (AvgIpc) is 3.35. The smallest absolute Gasteiger partial charge is 0.322 e. The highest BCUT2D eigenvalue weighted by Crippen LogP contribution is 2.27. The normalized spacial score (nSPS) is 14.3. The molecule has 0 spiro atoms. The lowest BCUT2D eigenvalue weighted by atomic mass is 10.1. The minimum Gasteiger partial charge on any atom is -0.460 e. The quantitative estimate of drug-likeness (QED) is 0.293. The summed E-state index contributed by atoms with van der Waals surface area (Å²) in [6.45, 7) is 7.58. The SMILES string of the molecule is CC(=O)Nc1ccc(C(=O)Nc2cccc(Nc3nc(OC4CCN(C)CC4)nc4c(C(C)C)cnn34)c2)cc1. The van der Waals surface area contributed by atoms with Gasteiger partial charge in [0.25, 0.3) is 5.91 Å². The van der Waals surface area contributed by atoms with Crippen LogP contribution in [-0.2, 0) is 4.79 Å². The van der Waals surface area contributed by atoms with Gasteiger partial charge in [-0.15, -0.1) is 0 Å². The summed E-state index contributed by atoms with van der Waals surface area (Å²) in [5.41, 5.74) is 4.12. The third kappa shape index (κ3) is 6.37. The molecule has 3 N–H and O–H groups in total. The van der Waals surface area contributed by atoms with Crippen molar-refractivity contribution in [2.45, 2.75) is 45.6 Å². The summed E-state index contributed by atoms with van der Waals surface area (Å²) in [6, 6.07) is 14.4. The molecule has 2 amide bonds. The van der Waals surface area contributed by atoms with Gasteiger partial charge in [0.2, 0.25) is 11.9 Å². The predicted octanol–water partition coefficient (Wildman–Crippen LogP) is 4.68. The highest BCUT2D eigenvalue weighted by atomic mass is 16.5. The second-order valence-corrected chi connectivity index (χ2v) is 10.4. The number of amides is 2. The number of aromatic nitrogens is 4. The second-order valence-electron chi connectivity index (χ2n) is 10.4. The molecule has 0 aliphatic carbocycles. The van der Waals surface area contributed by atoms with Crippen molar-refractivity contribution in [1.29, 1.82) is 0 Å². The van der Waals surface area contributed by atoms with E-state index in [2.05, 4.69) is 51.8 Å². The second kappa shape index (κ2) is 11.7. The lowest BCUT2D eigenvalue weighted by molar-refractivity contribution is -0.114. The molecule has 0 atom stereocenters. The number of anilines is 4. The number of hydrogen-bond donors (Lipinski definition) is 3. The third-order valence-electron chi connectivity index (χ3n) is 6.78. The van der Waals surface area contributed by atoms with Gasteiger partial charge in [-0.3, -0.25) is 9.59 Å². The Kier molecular flexibility index (Phi) is 7.92. The molecule has 11 heteroatoms. The maximum absolute atomic E-state index is 12.8.